The molecule has 1 N–H and O–H groups in total. The van der Waals surface area contributed by atoms with E-state index in [1.807, 2.05) is 12.1 Å². The third kappa shape index (κ3) is 2.08. The highest BCUT2D eigenvalue weighted by atomic mass is 19.1. The lowest BCUT2D eigenvalue weighted by Crippen LogP contribution is -2.12. The third-order valence-corrected chi connectivity index (χ3v) is 3.05. The Balaban J connectivity index is 1.89. The summed E-state index contributed by atoms with van der Waals surface area (Å²) in [5, 5.41) is 7.40. The molecule has 0 radical (unpaired) electrons. The summed E-state index contributed by atoms with van der Waals surface area (Å²) in [4.78, 5) is 0. The van der Waals surface area contributed by atoms with Gasteiger partial charge in [-0.2, -0.15) is 0 Å². The normalized spacial score (nSPS) is 19.7. The van der Waals surface area contributed by atoms with E-state index >= 15 is 0 Å². The molecule has 0 spiro atoms. The fourth-order valence-corrected chi connectivity index (χ4v) is 2.17. The van der Waals surface area contributed by atoms with Gasteiger partial charge in [0.2, 0.25) is 0 Å². The molecule has 0 saturated carbocycles. The number of nitrogens with zero attached hydrogens (tertiary/aromatic N) is 1. The lowest BCUT2D eigenvalue weighted by atomic mass is 10.1. The third-order valence-electron chi connectivity index (χ3n) is 3.05. The molecular formula is C13H13FN2O. The van der Waals surface area contributed by atoms with Crippen molar-refractivity contribution < 1.29 is 8.91 Å². The van der Waals surface area contributed by atoms with Crippen LogP contribution >= 0.6 is 0 Å². The summed E-state index contributed by atoms with van der Waals surface area (Å²) < 4.78 is 18.3. The molecule has 1 aromatic heterocycles. The summed E-state index contributed by atoms with van der Waals surface area (Å²) in [6.45, 7) is 1.02. The van der Waals surface area contributed by atoms with Crippen LogP contribution in [0.1, 0.15) is 24.6 Å². The van der Waals surface area contributed by atoms with E-state index in [-0.39, 0.29) is 11.9 Å². The number of halogens is 1. The van der Waals surface area contributed by atoms with E-state index in [0.29, 0.717) is 5.76 Å². The van der Waals surface area contributed by atoms with Crippen LogP contribution in [0.25, 0.3) is 11.3 Å². The first-order valence-corrected chi connectivity index (χ1v) is 5.79. The molecule has 2 heterocycles. The van der Waals surface area contributed by atoms with Crippen LogP contribution < -0.4 is 5.32 Å². The smallest absolute Gasteiger partial charge is 0.167 e. The minimum Gasteiger partial charge on any atom is -0.356 e. The summed E-state index contributed by atoms with van der Waals surface area (Å²) in [6, 6.07) is 8.51. The molecule has 1 saturated heterocycles. The summed E-state index contributed by atoms with van der Waals surface area (Å²) >= 11 is 0. The highest BCUT2D eigenvalue weighted by molar-refractivity contribution is 5.57. The van der Waals surface area contributed by atoms with Gasteiger partial charge < -0.3 is 9.84 Å². The Morgan fingerprint density at radius 2 is 2.29 bits per heavy atom. The fraction of sp³-hybridized carbons (Fsp3) is 0.308. The lowest BCUT2D eigenvalue weighted by Gasteiger charge is -2.02. The number of hydrogen-bond donors (Lipinski definition) is 1. The Hall–Kier alpha value is -1.68. The predicted octanol–water partition coefficient (Wildman–Crippen LogP) is 2.91. The zero-order chi connectivity index (χ0) is 11.7. The number of hydrogen-bond acceptors (Lipinski definition) is 3. The molecule has 0 amide bonds. The maximum atomic E-state index is 13.1. The van der Waals surface area contributed by atoms with Crippen LogP contribution in [-0.2, 0) is 0 Å². The highest BCUT2D eigenvalue weighted by Gasteiger charge is 2.20. The topological polar surface area (TPSA) is 38.1 Å². The van der Waals surface area contributed by atoms with E-state index < -0.39 is 0 Å². The zero-order valence-electron chi connectivity index (χ0n) is 9.32. The first-order chi connectivity index (χ1) is 8.33. The standard InChI is InChI=1S/C13H13FN2O/c14-10-4-1-3-9(7-10)13-8-12(16-17-13)11-5-2-6-15-11/h1,3-4,7-8,11,15H,2,5-6H2. The van der Waals surface area contributed by atoms with Crippen LogP contribution in [0.4, 0.5) is 4.39 Å². The van der Waals surface area contributed by atoms with Crippen molar-refractivity contribution in [3.63, 3.8) is 0 Å². The summed E-state index contributed by atoms with van der Waals surface area (Å²) in [7, 11) is 0. The second kappa shape index (κ2) is 4.30. The van der Waals surface area contributed by atoms with E-state index in [1.54, 1.807) is 6.07 Å². The quantitative estimate of drug-likeness (QED) is 0.865. The van der Waals surface area contributed by atoms with Gasteiger partial charge in [0.05, 0.1) is 6.04 Å². The van der Waals surface area contributed by atoms with Crippen molar-refractivity contribution in [1.29, 1.82) is 0 Å². The molecule has 1 aromatic carbocycles. The summed E-state index contributed by atoms with van der Waals surface area (Å²) in [5.74, 6) is 0.354. The molecule has 1 fully saturated rings. The molecule has 0 bridgehead atoms. The van der Waals surface area contributed by atoms with Crippen molar-refractivity contribution in [2.75, 3.05) is 6.54 Å². The molecule has 3 rings (SSSR count). The van der Waals surface area contributed by atoms with Crippen LogP contribution in [0.3, 0.4) is 0 Å². The average Bonchev–Trinajstić information content (AvgIpc) is 3.00. The Bertz CT molecular complexity index is 518. The van der Waals surface area contributed by atoms with Crippen molar-refractivity contribution in [3.05, 3.63) is 41.8 Å². The molecular weight excluding hydrogens is 219 g/mol. The van der Waals surface area contributed by atoms with Crippen LogP contribution in [0, 0.1) is 5.82 Å². The van der Waals surface area contributed by atoms with Gasteiger partial charge in [-0.05, 0) is 31.5 Å². The van der Waals surface area contributed by atoms with Crippen LogP contribution in [0.2, 0.25) is 0 Å². The highest BCUT2D eigenvalue weighted by Crippen LogP contribution is 2.27. The fourth-order valence-electron chi connectivity index (χ4n) is 2.17. The molecule has 17 heavy (non-hydrogen) atoms. The number of benzene rings is 1. The molecule has 2 aromatic rings. The van der Waals surface area contributed by atoms with Gasteiger partial charge in [-0.15, -0.1) is 0 Å². The molecule has 1 unspecified atom stereocenters. The number of aromatic nitrogens is 1. The zero-order valence-corrected chi connectivity index (χ0v) is 9.32. The van der Waals surface area contributed by atoms with Crippen molar-refractivity contribution in [2.45, 2.75) is 18.9 Å². The molecule has 88 valence electrons. The van der Waals surface area contributed by atoms with Crippen molar-refractivity contribution in [3.8, 4) is 11.3 Å². The summed E-state index contributed by atoms with van der Waals surface area (Å²) in [6.07, 6.45) is 2.24. The van der Waals surface area contributed by atoms with Crippen LogP contribution in [0.5, 0.6) is 0 Å². The number of rotatable bonds is 2. The van der Waals surface area contributed by atoms with Crippen molar-refractivity contribution in [2.24, 2.45) is 0 Å². The van der Waals surface area contributed by atoms with Crippen molar-refractivity contribution in [1.82, 2.24) is 10.5 Å². The van der Waals surface area contributed by atoms with E-state index in [2.05, 4.69) is 10.5 Å². The second-order valence-corrected chi connectivity index (χ2v) is 4.28. The Labute approximate surface area is 98.6 Å². The monoisotopic (exact) mass is 232 g/mol. The molecule has 4 heteroatoms. The maximum absolute atomic E-state index is 13.1. The lowest BCUT2D eigenvalue weighted by molar-refractivity contribution is 0.412. The van der Waals surface area contributed by atoms with E-state index in [9.17, 15) is 4.39 Å². The van der Waals surface area contributed by atoms with Gasteiger partial charge in [-0.3, -0.25) is 0 Å². The van der Waals surface area contributed by atoms with E-state index in [4.69, 9.17) is 4.52 Å². The van der Waals surface area contributed by atoms with Crippen LogP contribution in [-0.4, -0.2) is 11.7 Å². The maximum Gasteiger partial charge on any atom is 0.167 e. The van der Waals surface area contributed by atoms with Gasteiger partial charge in [0.15, 0.2) is 5.76 Å². The van der Waals surface area contributed by atoms with Gasteiger partial charge in [-0.1, -0.05) is 17.3 Å². The minimum atomic E-state index is -0.264. The average molecular weight is 232 g/mol. The SMILES string of the molecule is Fc1cccc(-c2cc(C3CCCN3)no2)c1. The first-order valence-electron chi connectivity index (χ1n) is 5.79. The molecule has 3 nitrogen and oxygen atoms in total. The van der Waals surface area contributed by atoms with Gasteiger partial charge in [0.1, 0.15) is 11.5 Å². The largest absolute Gasteiger partial charge is 0.356 e. The first kappa shape index (κ1) is 10.5. The minimum absolute atomic E-state index is 0.264. The van der Waals surface area contributed by atoms with Crippen LogP contribution in [0.15, 0.2) is 34.9 Å². The Morgan fingerprint density at radius 1 is 1.35 bits per heavy atom. The molecule has 1 aliphatic heterocycles. The van der Waals surface area contributed by atoms with E-state index in [0.717, 1.165) is 30.6 Å². The van der Waals surface area contributed by atoms with Gasteiger partial charge in [-0.25, -0.2) is 4.39 Å². The van der Waals surface area contributed by atoms with Gasteiger partial charge in [0.25, 0.3) is 0 Å². The Kier molecular flexibility index (Phi) is 2.65. The molecule has 1 atom stereocenters. The molecule has 1 aliphatic rings. The van der Waals surface area contributed by atoms with Crippen molar-refractivity contribution >= 4 is 0 Å². The Morgan fingerprint density at radius 3 is 3.06 bits per heavy atom. The number of nitrogens with one attached hydrogen (secondary N) is 1. The van der Waals surface area contributed by atoms with Gasteiger partial charge >= 0.3 is 0 Å². The predicted molar refractivity (Wildman–Crippen MR) is 61.9 cm³/mol. The van der Waals surface area contributed by atoms with E-state index in [1.165, 1.54) is 12.1 Å². The second-order valence-electron chi connectivity index (χ2n) is 4.28. The van der Waals surface area contributed by atoms with Gasteiger partial charge in [0, 0.05) is 11.6 Å². The molecule has 0 aliphatic carbocycles. The summed E-state index contributed by atoms with van der Waals surface area (Å²) in [5.41, 5.74) is 1.63.